The van der Waals surface area contributed by atoms with E-state index in [-0.39, 0.29) is 11.2 Å². The zero-order valence-electron chi connectivity index (χ0n) is 6.02. The van der Waals surface area contributed by atoms with E-state index in [9.17, 15) is 0 Å². The molecule has 1 nitrogen and oxygen atoms in total. The summed E-state index contributed by atoms with van der Waals surface area (Å²) in [5.41, 5.74) is -0.345. The third kappa shape index (κ3) is 0.529. The summed E-state index contributed by atoms with van der Waals surface area (Å²) < 4.78 is 5.48. The van der Waals surface area contributed by atoms with Gasteiger partial charge in [0, 0.05) is 0 Å². The third-order valence-corrected chi connectivity index (χ3v) is 2.92. The lowest BCUT2D eigenvalue weighted by Gasteiger charge is -2.10. The predicted octanol–water partition coefficient (Wildman–Crippen LogP) is 2.23. The fraction of sp³-hybridized carbons (Fsp3) is 0.500. The van der Waals surface area contributed by atoms with Crippen molar-refractivity contribution in [3.63, 3.8) is 0 Å². The SMILES string of the molecule is CC12C=CC=C(Cl)C1(C)O2. The Hall–Kier alpha value is -0.270. The highest BCUT2D eigenvalue weighted by atomic mass is 35.5. The van der Waals surface area contributed by atoms with E-state index in [4.69, 9.17) is 16.3 Å². The zero-order valence-corrected chi connectivity index (χ0v) is 6.77. The number of fused-ring (bicyclic) bond motifs is 1. The van der Waals surface area contributed by atoms with Crippen LogP contribution in [0.2, 0.25) is 0 Å². The number of ether oxygens (including phenoxy) is 1. The standard InChI is InChI=1S/C8H9ClO/c1-7-5-3-4-6(9)8(7,2)10-7/h3-5H,1-2H3. The number of rotatable bonds is 0. The van der Waals surface area contributed by atoms with Gasteiger partial charge in [0.25, 0.3) is 0 Å². The third-order valence-electron chi connectivity index (χ3n) is 2.43. The van der Waals surface area contributed by atoms with Gasteiger partial charge in [-0.15, -0.1) is 0 Å². The van der Waals surface area contributed by atoms with E-state index < -0.39 is 0 Å². The van der Waals surface area contributed by atoms with Crippen molar-refractivity contribution in [1.29, 1.82) is 0 Å². The van der Waals surface area contributed by atoms with Gasteiger partial charge in [-0.25, -0.2) is 0 Å². The first-order chi connectivity index (χ1) is 4.58. The minimum Gasteiger partial charge on any atom is -0.353 e. The molecule has 0 aromatic carbocycles. The molecular weight excluding hydrogens is 148 g/mol. The predicted molar refractivity (Wildman–Crippen MR) is 41.0 cm³/mol. The van der Waals surface area contributed by atoms with Crippen molar-refractivity contribution < 1.29 is 4.74 Å². The monoisotopic (exact) mass is 156 g/mol. The van der Waals surface area contributed by atoms with E-state index in [2.05, 4.69) is 0 Å². The lowest BCUT2D eigenvalue weighted by Crippen LogP contribution is -2.19. The second-order valence-corrected chi connectivity index (χ2v) is 3.52. The van der Waals surface area contributed by atoms with Gasteiger partial charge in [0.1, 0.15) is 11.2 Å². The second kappa shape index (κ2) is 1.49. The van der Waals surface area contributed by atoms with Gasteiger partial charge >= 0.3 is 0 Å². The van der Waals surface area contributed by atoms with Crippen LogP contribution in [-0.4, -0.2) is 11.2 Å². The summed E-state index contributed by atoms with van der Waals surface area (Å²) in [6, 6.07) is 0. The fourth-order valence-electron chi connectivity index (χ4n) is 1.35. The molecule has 2 heteroatoms. The van der Waals surface area contributed by atoms with Crippen molar-refractivity contribution >= 4 is 11.6 Å². The molecule has 54 valence electrons. The molecule has 0 radical (unpaired) electrons. The smallest absolute Gasteiger partial charge is 0.134 e. The highest BCUT2D eigenvalue weighted by molar-refractivity contribution is 6.31. The maximum Gasteiger partial charge on any atom is 0.134 e. The van der Waals surface area contributed by atoms with E-state index in [1.807, 2.05) is 32.1 Å². The summed E-state index contributed by atoms with van der Waals surface area (Å²) in [4.78, 5) is 0. The van der Waals surface area contributed by atoms with Crippen molar-refractivity contribution in [3.8, 4) is 0 Å². The largest absolute Gasteiger partial charge is 0.353 e. The van der Waals surface area contributed by atoms with Gasteiger partial charge in [0.05, 0.1) is 5.03 Å². The van der Waals surface area contributed by atoms with Crippen LogP contribution in [0.1, 0.15) is 13.8 Å². The maximum atomic E-state index is 5.92. The minimum atomic E-state index is -0.219. The number of hydrogen-bond donors (Lipinski definition) is 0. The van der Waals surface area contributed by atoms with Crippen molar-refractivity contribution in [2.75, 3.05) is 0 Å². The van der Waals surface area contributed by atoms with E-state index in [0.717, 1.165) is 5.03 Å². The van der Waals surface area contributed by atoms with Gasteiger partial charge in [-0.3, -0.25) is 0 Å². The normalized spacial score (nSPS) is 50.1. The van der Waals surface area contributed by atoms with Gasteiger partial charge in [0.2, 0.25) is 0 Å². The Morgan fingerprint density at radius 1 is 1.50 bits per heavy atom. The summed E-state index contributed by atoms with van der Waals surface area (Å²) in [7, 11) is 0. The van der Waals surface area contributed by atoms with Crippen LogP contribution in [0.3, 0.4) is 0 Å². The van der Waals surface area contributed by atoms with Crippen molar-refractivity contribution in [3.05, 3.63) is 23.3 Å². The average Bonchev–Trinajstić information content (AvgIpc) is 2.38. The Balaban J connectivity index is 2.44. The molecule has 2 aliphatic rings. The van der Waals surface area contributed by atoms with Crippen LogP contribution in [0.5, 0.6) is 0 Å². The van der Waals surface area contributed by atoms with Crippen LogP contribution >= 0.6 is 11.6 Å². The van der Waals surface area contributed by atoms with Crippen molar-refractivity contribution in [2.24, 2.45) is 0 Å². The van der Waals surface area contributed by atoms with E-state index in [0.29, 0.717) is 0 Å². The molecule has 1 saturated heterocycles. The number of hydrogen-bond acceptors (Lipinski definition) is 1. The molecule has 0 saturated carbocycles. The van der Waals surface area contributed by atoms with Gasteiger partial charge in [0.15, 0.2) is 0 Å². The molecule has 1 heterocycles. The number of allylic oxidation sites excluding steroid dienone is 2. The molecule has 1 fully saturated rings. The summed E-state index contributed by atoms with van der Waals surface area (Å²) in [6.45, 7) is 4.05. The molecule has 0 aromatic heterocycles. The molecule has 1 aliphatic carbocycles. The maximum absolute atomic E-state index is 5.92. The molecule has 0 aromatic rings. The van der Waals surface area contributed by atoms with Gasteiger partial charge in [-0.05, 0) is 26.0 Å². The molecule has 2 unspecified atom stereocenters. The molecule has 0 amide bonds. The van der Waals surface area contributed by atoms with E-state index in [1.165, 1.54) is 0 Å². The van der Waals surface area contributed by atoms with Crippen LogP contribution in [0.15, 0.2) is 23.3 Å². The molecule has 0 spiro atoms. The van der Waals surface area contributed by atoms with Crippen molar-refractivity contribution in [2.45, 2.75) is 25.0 Å². The summed E-state index contributed by atoms with van der Waals surface area (Å²) >= 11 is 5.92. The molecule has 10 heavy (non-hydrogen) atoms. The summed E-state index contributed by atoms with van der Waals surface area (Å²) in [5.74, 6) is 0. The van der Waals surface area contributed by atoms with E-state index >= 15 is 0 Å². The molecule has 2 atom stereocenters. The first kappa shape index (κ1) is 6.44. The molecule has 0 bridgehead atoms. The zero-order chi connectivity index (χ0) is 7.41. The van der Waals surface area contributed by atoms with Gasteiger partial charge in [-0.1, -0.05) is 17.7 Å². The van der Waals surface area contributed by atoms with Crippen LogP contribution in [0.4, 0.5) is 0 Å². The first-order valence-electron chi connectivity index (χ1n) is 3.34. The fourth-order valence-corrected chi connectivity index (χ4v) is 1.65. The molecule has 1 aliphatic heterocycles. The van der Waals surface area contributed by atoms with Crippen LogP contribution in [0, 0.1) is 0 Å². The molecular formula is C8H9ClO. The van der Waals surface area contributed by atoms with Crippen LogP contribution < -0.4 is 0 Å². The average molecular weight is 157 g/mol. The summed E-state index contributed by atoms with van der Waals surface area (Å²) in [5, 5.41) is 0.803. The van der Waals surface area contributed by atoms with E-state index in [1.54, 1.807) is 0 Å². The van der Waals surface area contributed by atoms with Crippen LogP contribution in [-0.2, 0) is 4.74 Å². The van der Waals surface area contributed by atoms with Crippen LogP contribution in [0.25, 0.3) is 0 Å². The molecule has 0 N–H and O–H groups in total. The Labute approximate surface area is 65.3 Å². The minimum absolute atomic E-state index is 0.126. The first-order valence-corrected chi connectivity index (χ1v) is 3.72. The van der Waals surface area contributed by atoms with Gasteiger partial charge in [-0.2, -0.15) is 0 Å². The highest BCUT2D eigenvalue weighted by Crippen LogP contribution is 2.56. The highest BCUT2D eigenvalue weighted by Gasteiger charge is 2.64. The Morgan fingerprint density at radius 3 is 2.70 bits per heavy atom. The second-order valence-electron chi connectivity index (χ2n) is 3.12. The molecule has 2 rings (SSSR count). The summed E-state index contributed by atoms with van der Waals surface area (Å²) in [6.07, 6.45) is 5.87. The lowest BCUT2D eigenvalue weighted by atomic mass is 9.92. The lowest BCUT2D eigenvalue weighted by molar-refractivity contribution is 0.321. The topological polar surface area (TPSA) is 12.5 Å². The Morgan fingerprint density at radius 2 is 2.20 bits per heavy atom. The number of halogens is 1. The van der Waals surface area contributed by atoms with Gasteiger partial charge < -0.3 is 4.74 Å². The van der Waals surface area contributed by atoms with Crippen molar-refractivity contribution in [1.82, 2.24) is 0 Å². The number of epoxide rings is 1. The quantitative estimate of drug-likeness (QED) is 0.490. The Kier molecular flexibility index (Phi) is 0.958. The Bertz CT molecular complexity index is 244.